The molecule has 3 rings (SSSR count). The van der Waals surface area contributed by atoms with Gasteiger partial charge in [-0.2, -0.15) is 26.3 Å². The fraction of sp³-hybridized carbons (Fsp3) is 0.400. The molecule has 0 saturated carbocycles. The van der Waals surface area contributed by atoms with Gasteiger partial charge in [0, 0.05) is 30.4 Å². The van der Waals surface area contributed by atoms with Gasteiger partial charge in [-0.05, 0) is 43.2 Å². The number of nitrogens with two attached hydrogens (primary N) is 1. The zero-order valence-electron chi connectivity index (χ0n) is 20.9. The lowest BCUT2D eigenvalue weighted by molar-refractivity contribution is -0.152. The van der Waals surface area contributed by atoms with E-state index in [2.05, 4.69) is 10.6 Å². The second kappa shape index (κ2) is 13.0. The van der Waals surface area contributed by atoms with Crippen molar-refractivity contribution in [3.05, 3.63) is 51.5 Å². The van der Waals surface area contributed by atoms with Crippen molar-refractivity contribution in [1.82, 2.24) is 5.32 Å². The molecule has 2 aromatic rings. The van der Waals surface area contributed by atoms with Crippen LogP contribution in [0.2, 0.25) is 15.1 Å². The molecule has 1 aliphatic rings. The Morgan fingerprint density at radius 1 is 0.951 bits per heavy atom. The van der Waals surface area contributed by atoms with Crippen molar-refractivity contribution in [3.8, 4) is 0 Å². The number of alkyl halides is 6. The largest absolute Gasteiger partial charge is 0.389 e. The number of primary amides is 1. The van der Waals surface area contributed by atoms with Crippen LogP contribution < -0.4 is 21.3 Å². The number of carbonyl (C=O) groups is 3. The van der Waals surface area contributed by atoms with E-state index >= 15 is 0 Å². The highest BCUT2D eigenvalue weighted by Crippen LogP contribution is 2.40. The Kier molecular flexibility index (Phi) is 10.3. The summed E-state index contributed by atoms with van der Waals surface area (Å²) in [6.07, 6.45) is -14.7. The Bertz CT molecular complexity index is 1310. The maximum atomic E-state index is 13.3. The predicted molar refractivity (Wildman–Crippen MR) is 142 cm³/mol. The van der Waals surface area contributed by atoms with Crippen LogP contribution in [-0.4, -0.2) is 42.7 Å². The number of rotatable bonds is 9. The fourth-order valence-corrected chi connectivity index (χ4v) is 4.93. The number of nitrogens with zero attached hydrogens (tertiary/aromatic N) is 1. The van der Waals surface area contributed by atoms with Crippen LogP contribution in [0.5, 0.6) is 0 Å². The molecule has 0 radical (unpaired) electrons. The monoisotopic (exact) mass is 646 g/mol. The zero-order chi connectivity index (χ0) is 30.7. The molecule has 0 aromatic heterocycles. The van der Waals surface area contributed by atoms with Crippen LogP contribution in [0.25, 0.3) is 0 Å². The number of para-hydroxylation sites is 1. The average Bonchev–Trinajstić information content (AvgIpc) is 2.98. The van der Waals surface area contributed by atoms with Gasteiger partial charge in [0.1, 0.15) is 6.04 Å². The van der Waals surface area contributed by atoms with Crippen LogP contribution in [-0.2, 0) is 14.4 Å². The lowest BCUT2D eigenvalue weighted by Crippen LogP contribution is -2.52. The molecular weight excluding hydrogens is 625 g/mol. The lowest BCUT2D eigenvalue weighted by atomic mass is 9.83. The molecule has 16 heteroatoms. The first-order valence-electron chi connectivity index (χ1n) is 12.0. The maximum Gasteiger partial charge on any atom is 0.389 e. The van der Waals surface area contributed by atoms with Crippen molar-refractivity contribution in [2.45, 2.75) is 44.1 Å². The molecular formula is C25H23Cl3F6N4O3. The molecule has 224 valence electrons. The first kappa shape index (κ1) is 32.6. The summed E-state index contributed by atoms with van der Waals surface area (Å²) >= 11 is 18.5. The smallest absolute Gasteiger partial charge is 0.369 e. The van der Waals surface area contributed by atoms with Crippen molar-refractivity contribution < 1.29 is 40.7 Å². The van der Waals surface area contributed by atoms with E-state index < -0.39 is 73.6 Å². The van der Waals surface area contributed by atoms with Gasteiger partial charge in [0.25, 0.3) is 0 Å². The Hall–Kier alpha value is -2.90. The van der Waals surface area contributed by atoms with Crippen LogP contribution in [0, 0.1) is 11.8 Å². The molecule has 41 heavy (non-hydrogen) atoms. The summed E-state index contributed by atoms with van der Waals surface area (Å²) in [5.74, 6) is -7.23. The van der Waals surface area contributed by atoms with Crippen LogP contribution >= 0.6 is 34.8 Å². The van der Waals surface area contributed by atoms with Crippen LogP contribution in [0.4, 0.5) is 43.4 Å². The van der Waals surface area contributed by atoms with E-state index in [1.807, 2.05) is 0 Å². The molecule has 0 bridgehead atoms. The number of amides is 3. The number of benzene rings is 2. The van der Waals surface area contributed by atoms with Crippen molar-refractivity contribution >= 4 is 69.6 Å². The summed E-state index contributed by atoms with van der Waals surface area (Å²) in [6, 6.07) is 7.70. The van der Waals surface area contributed by atoms with Gasteiger partial charge < -0.3 is 21.3 Å². The molecule has 0 spiro atoms. The SMILES string of the molecule is NC(=O)C(CCC(F)(F)F)C(CCC(F)(F)F)C(=O)NC1CN(c2ccc(Cl)c(Cl)c2)c2cccc(Cl)c2NC1=O. The van der Waals surface area contributed by atoms with E-state index in [9.17, 15) is 40.7 Å². The summed E-state index contributed by atoms with van der Waals surface area (Å²) in [4.78, 5) is 40.1. The summed E-state index contributed by atoms with van der Waals surface area (Å²) in [6.45, 7) is -0.307. The normalized spacial score (nSPS) is 17.2. The lowest BCUT2D eigenvalue weighted by Gasteiger charge is -2.29. The first-order chi connectivity index (χ1) is 19.0. The molecule has 0 fully saturated rings. The van der Waals surface area contributed by atoms with Gasteiger partial charge in [0.15, 0.2) is 0 Å². The van der Waals surface area contributed by atoms with Gasteiger partial charge in [0.05, 0.1) is 33.0 Å². The molecule has 0 aliphatic carbocycles. The van der Waals surface area contributed by atoms with E-state index in [0.717, 1.165) is 0 Å². The molecule has 0 saturated heterocycles. The van der Waals surface area contributed by atoms with Crippen LogP contribution in [0.15, 0.2) is 36.4 Å². The Labute approximate surface area is 245 Å². The summed E-state index contributed by atoms with van der Waals surface area (Å²) in [5.41, 5.74) is 6.15. The van der Waals surface area contributed by atoms with Gasteiger partial charge in [-0.25, -0.2) is 0 Å². The summed E-state index contributed by atoms with van der Waals surface area (Å²) < 4.78 is 77.8. The Morgan fingerprint density at radius 3 is 2.12 bits per heavy atom. The minimum atomic E-state index is -4.78. The highest BCUT2D eigenvalue weighted by atomic mass is 35.5. The number of nitrogens with one attached hydrogen (secondary N) is 2. The van der Waals surface area contributed by atoms with Crippen molar-refractivity contribution in [3.63, 3.8) is 0 Å². The van der Waals surface area contributed by atoms with Gasteiger partial charge in [0.2, 0.25) is 17.7 Å². The van der Waals surface area contributed by atoms with E-state index in [0.29, 0.717) is 11.4 Å². The second-order valence-electron chi connectivity index (χ2n) is 9.32. The fourth-order valence-electron chi connectivity index (χ4n) is 4.42. The topological polar surface area (TPSA) is 105 Å². The van der Waals surface area contributed by atoms with Gasteiger partial charge >= 0.3 is 12.4 Å². The van der Waals surface area contributed by atoms with Gasteiger partial charge in [-0.1, -0.05) is 40.9 Å². The third-order valence-corrected chi connectivity index (χ3v) is 7.46. The van der Waals surface area contributed by atoms with E-state index in [1.54, 1.807) is 18.2 Å². The molecule has 3 atom stereocenters. The number of fused-ring (bicyclic) bond motifs is 1. The number of hydrogen-bond acceptors (Lipinski definition) is 4. The second-order valence-corrected chi connectivity index (χ2v) is 10.5. The third kappa shape index (κ3) is 8.79. The summed E-state index contributed by atoms with van der Waals surface area (Å²) in [5, 5.41) is 5.36. The Morgan fingerprint density at radius 2 is 1.56 bits per heavy atom. The quantitative estimate of drug-likeness (QED) is 0.266. The number of hydrogen-bond donors (Lipinski definition) is 3. The van der Waals surface area contributed by atoms with Gasteiger partial charge in [-0.15, -0.1) is 0 Å². The van der Waals surface area contributed by atoms with E-state index in [4.69, 9.17) is 40.5 Å². The number of halogens is 9. The highest BCUT2D eigenvalue weighted by molar-refractivity contribution is 6.42. The van der Waals surface area contributed by atoms with E-state index in [1.165, 1.54) is 23.1 Å². The third-order valence-electron chi connectivity index (χ3n) is 6.41. The minimum absolute atomic E-state index is 0.122. The number of carbonyl (C=O) groups excluding carboxylic acids is 3. The van der Waals surface area contributed by atoms with Crippen molar-refractivity contribution in [1.29, 1.82) is 0 Å². The Balaban J connectivity index is 1.97. The highest BCUT2D eigenvalue weighted by Gasteiger charge is 2.41. The van der Waals surface area contributed by atoms with E-state index in [-0.39, 0.29) is 27.3 Å². The molecule has 2 aromatic carbocycles. The van der Waals surface area contributed by atoms with Gasteiger partial charge in [-0.3, -0.25) is 14.4 Å². The zero-order valence-corrected chi connectivity index (χ0v) is 23.2. The standard InChI is InChI=1S/C25H23Cl3F6N4O3/c26-15-5-4-12(10-17(15)28)38-11-18(23(41)37-20-16(27)2-1-3-19(20)38)36-22(40)14(7-9-25(32,33)34)13(21(35)39)6-8-24(29,30)31/h1-5,10,13-14,18H,6-9,11H2,(H2,35,39)(H,36,40)(H,37,41). The predicted octanol–water partition coefficient (Wildman–Crippen LogP) is 6.62. The molecule has 3 amide bonds. The number of anilines is 3. The minimum Gasteiger partial charge on any atom is -0.369 e. The maximum absolute atomic E-state index is 13.3. The molecule has 1 aliphatic heterocycles. The van der Waals surface area contributed by atoms with Crippen LogP contribution in [0.3, 0.4) is 0 Å². The van der Waals surface area contributed by atoms with Crippen LogP contribution in [0.1, 0.15) is 25.7 Å². The molecule has 3 unspecified atom stereocenters. The molecule has 7 nitrogen and oxygen atoms in total. The van der Waals surface area contributed by atoms with Crippen molar-refractivity contribution in [2.24, 2.45) is 17.6 Å². The first-order valence-corrected chi connectivity index (χ1v) is 13.2. The average molecular weight is 648 g/mol. The summed E-state index contributed by atoms with van der Waals surface area (Å²) in [7, 11) is 0. The molecule has 4 N–H and O–H groups in total. The molecule has 1 heterocycles. The van der Waals surface area contributed by atoms with Crippen molar-refractivity contribution in [2.75, 3.05) is 16.8 Å².